The molecule has 0 aliphatic carbocycles. The van der Waals surface area contributed by atoms with E-state index in [9.17, 15) is 4.79 Å². The zero-order valence-corrected chi connectivity index (χ0v) is 13.9. The van der Waals surface area contributed by atoms with E-state index in [4.69, 9.17) is 11.6 Å². The van der Waals surface area contributed by atoms with Crippen LogP contribution in [0.15, 0.2) is 41.3 Å². The molecule has 2 rings (SSSR count). The molecule has 1 N–H and O–H groups in total. The molecule has 0 atom stereocenters. The van der Waals surface area contributed by atoms with Crippen molar-refractivity contribution in [1.29, 1.82) is 0 Å². The SMILES string of the molecule is CCc1cccc(C)c1NC(=O)c1cc(SC)ccc1Cl. The Morgan fingerprint density at radius 2 is 2.05 bits per heavy atom. The van der Waals surface area contributed by atoms with E-state index in [1.54, 1.807) is 17.8 Å². The molecule has 0 aromatic heterocycles. The van der Waals surface area contributed by atoms with Crippen LogP contribution in [0.25, 0.3) is 0 Å². The molecule has 0 aliphatic heterocycles. The van der Waals surface area contributed by atoms with Gasteiger partial charge in [-0.1, -0.05) is 36.7 Å². The van der Waals surface area contributed by atoms with Gasteiger partial charge in [0.05, 0.1) is 10.6 Å². The van der Waals surface area contributed by atoms with Gasteiger partial charge in [-0.2, -0.15) is 0 Å². The average Bonchev–Trinajstić information content (AvgIpc) is 2.49. The summed E-state index contributed by atoms with van der Waals surface area (Å²) in [6.07, 6.45) is 2.84. The average molecular weight is 320 g/mol. The van der Waals surface area contributed by atoms with E-state index in [0.29, 0.717) is 10.6 Å². The van der Waals surface area contributed by atoms with Crippen molar-refractivity contribution in [3.63, 3.8) is 0 Å². The highest BCUT2D eigenvalue weighted by Gasteiger charge is 2.14. The number of amides is 1. The third kappa shape index (κ3) is 3.60. The monoisotopic (exact) mass is 319 g/mol. The number of hydrogen-bond acceptors (Lipinski definition) is 2. The minimum absolute atomic E-state index is 0.167. The van der Waals surface area contributed by atoms with Crippen molar-refractivity contribution in [2.75, 3.05) is 11.6 Å². The van der Waals surface area contributed by atoms with Crippen molar-refractivity contribution in [3.8, 4) is 0 Å². The molecule has 4 heteroatoms. The predicted octanol–water partition coefficient (Wildman–Crippen LogP) is 5.19. The molecule has 0 bridgehead atoms. The minimum Gasteiger partial charge on any atom is -0.321 e. The highest BCUT2D eigenvalue weighted by molar-refractivity contribution is 7.98. The standard InChI is InChI=1S/C17H18ClNOS/c1-4-12-7-5-6-11(2)16(12)19-17(20)14-10-13(21-3)8-9-15(14)18/h5-10H,4H2,1-3H3,(H,19,20). The summed E-state index contributed by atoms with van der Waals surface area (Å²) >= 11 is 7.75. The van der Waals surface area contributed by atoms with Crippen LogP contribution in [0, 0.1) is 6.92 Å². The summed E-state index contributed by atoms with van der Waals surface area (Å²) in [5.41, 5.74) is 3.57. The molecular formula is C17H18ClNOS. The number of halogens is 1. The molecule has 0 saturated heterocycles. The fourth-order valence-electron chi connectivity index (χ4n) is 2.19. The first-order chi connectivity index (χ1) is 10.1. The van der Waals surface area contributed by atoms with Gasteiger partial charge >= 0.3 is 0 Å². The van der Waals surface area contributed by atoms with Crippen molar-refractivity contribution >= 4 is 35.0 Å². The van der Waals surface area contributed by atoms with E-state index in [1.165, 1.54) is 0 Å². The molecule has 0 saturated carbocycles. The van der Waals surface area contributed by atoms with Gasteiger partial charge in [0, 0.05) is 10.6 Å². The van der Waals surface area contributed by atoms with Crippen molar-refractivity contribution in [2.24, 2.45) is 0 Å². The number of anilines is 1. The molecule has 21 heavy (non-hydrogen) atoms. The lowest BCUT2D eigenvalue weighted by Crippen LogP contribution is -2.15. The Balaban J connectivity index is 2.35. The van der Waals surface area contributed by atoms with Crippen molar-refractivity contribution in [3.05, 3.63) is 58.1 Å². The summed E-state index contributed by atoms with van der Waals surface area (Å²) in [7, 11) is 0. The maximum Gasteiger partial charge on any atom is 0.257 e. The first kappa shape index (κ1) is 15.9. The third-order valence-electron chi connectivity index (χ3n) is 3.40. The molecule has 0 heterocycles. The van der Waals surface area contributed by atoms with Crippen LogP contribution in [0.4, 0.5) is 5.69 Å². The number of aryl methyl sites for hydroxylation is 2. The normalized spacial score (nSPS) is 10.5. The van der Waals surface area contributed by atoms with Crippen LogP contribution < -0.4 is 5.32 Å². The number of benzene rings is 2. The lowest BCUT2D eigenvalue weighted by atomic mass is 10.1. The lowest BCUT2D eigenvalue weighted by molar-refractivity contribution is 0.102. The van der Waals surface area contributed by atoms with Crippen molar-refractivity contribution in [1.82, 2.24) is 0 Å². The Bertz CT molecular complexity index is 670. The van der Waals surface area contributed by atoms with Gasteiger partial charge in [0.1, 0.15) is 0 Å². The highest BCUT2D eigenvalue weighted by Crippen LogP contribution is 2.26. The topological polar surface area (TPSA) is 29.1 Å². The summed E-state index contributed by atoms with van der Waals surface area (Å²) in [5.74, 6) is -0.167. The second-order valence-electron chi connectivity index (χ2n) is 4.76. The van der Waals surface area contributed by atoms with E-state index in [1.807, 2.05) is 43.5 Å². The van der Waals surface area contributed by atoms with Gasteiger partial charge in [0.25, 0.3) is 5.91 Å². The molecule has 110 valence electrons. The summed E-state index contributed by atoms with van der Waals surface area (Å²) in [4.78, 5) is 13.5. The second-order valence-corrected chi connectivity index (χ2v) is 6.05. The fraction of sp³-hybridized carbons (Fsp3) is 0.235. The van der Waals surface area contributed by atoms with Gasteiger partial charge in [-0.3, -0.25) is 4.79 Å². The zero-order valence-electron chi connectivity index (χ0n) is 12.4. The van der Waals surface area contributed by atoms with E-state index in [-0.39, 0.29) is 5.91 Å². The molecule has 2 aromatic carbocycles. The number of para-hydroxylation sites is 1. The molecule has 0 radical (unpaired) electrons. The molecule has 1 amide bonds. The molecular weight excluding hydrogens is 302 g/mol. The number of hydrogen-bond donors (Lipinski definition) is 1. The van der Waals surface area contributed by atoms with Gasteiger partial charge < -0.3 is 5.32 Å². The number of thioether (sulfide) groups is 1. The first-order valence-corrected chi connectivity index (χ1v) is 8.40. The Morgan fingerprint density at radius 1 is 1.29 bits per heavy atom. The van der Waals surface area contributed by atoms with Crippen molar-refractivity contribution < 1.29 is 4.79 Å². The fourth-order valence-corrected chi connectivity index (χ4v) is 2.83. The lowest BCUT2D eigenvalue weighted by Gasteiger charge is -2.14. The first-order valence-electron chi connectivity index (χ1n) is 6.80. The van der Waals surface area contributed by atoms with Crippen LogP contribution in [-0.2, 0) is 6.42 Å². The van der Waals surface area contributed by atoms with Gasteiger partial charge in [0.2, 0.25) is 0 Å². The van der Waals surface area contributed by atoms with Crippen LogP contribution >= 0.6 is 23.4 Å². The number of rotatable bonds is 4. The quantitative estimate of drug-likeness (QED) is 0.786. The van der Waals surface area contributed by atoms with Gasteiger partial charge in [0.15, 0.2) is 0 Å². The molecule has 0 unspecified atom stereocenters. The van der Waals surface area contributed by atoms with Gasteiger partial charge in [-0.25, -0.2) is 0 Å². The van der Waals surface area contributed by atoms with Crippen LogP contribution in [0.1, 0.15) is 28.4 Å². The van der Waals surface area contributed by atoms with E-state index in [0.717, 1.165) is 28.1 Å². The maximum absolute atomic E-state index is 12.5. The van der Waals surface area contributed by atoms with E-state index >= 15 is 0 Å². The van der Waals surface area contributed by atoms with Crippen molar-refractivity contribution in [2.45, 2.75) is 25.2 Å². The minimum atomic E-state index is -0.167. The van der Waals surface area contributed by atoms with Crippen LogP contribution in [0.2, 0.25) is 5.02 Å². The molecule has 0 aliphatic rings. The smallest absolute Gasteiger partial charge is 0.257 e. The summed E-state index contributed by atoms with van der Waals surface area (Å²) < 4.78 is 0. The Kier molecular flexibility index (Phi) is 5.32. The Morgan fingerprint density at radius 3 is 2.71 bits per heavy atom. The largest absolute Gasteiger partial charge is 0.321 e. The molecule has 2 aromatic rings. The Labute approximate surface area is 134 Å². The zero-order chi connectivity index (χ0) is 15.4. The number of nitrogens with one attached hydrogen (secondary N) is 1. The van der Waals surface area contributed by atoms with Crippen LogP contribution in [-0.4, -0.2) is 12.2 Å². The molecule has 0 fully saturated rings. The van der Waals surface area contributed by atoms with E-state index in [2.05, 4.69) is 12.2 Å². The van der Waals surface area contributed by atoms with Gasteiger partial charge in [-0.15, -0.1) is 11.8 Å². The third-order valence-corrected chi connectivity index (χ3v) is 4.45. The molecule has 2 nitrogen and oxygen atoms in total. The van der Waals surface area contributed by atoms with E-state index < -0.39 is 0 Å². The Hall–Kier alpha value is -1.45. The summed E-state index contributed by atoms with van der Waals surface area (Å²) in [5, 5.41) is 3.47. The molecule has 0 spiro atoms. The summed E-state index contributed by atoms with van der Waals surface area (Å²) in [6.45, 7) is 4.07. The summed E-state index contributed by atoms with van der Waals surface area (Å²) in [6, 6.07) is 11.5. The maximum atomic E-state index is 12.5. The highest BCUT2D eigenvalue weighted by atomic mass is 35.5. The predicted molar refractivity (Wildman–Crippen MR) is 91.7 cm³/mol. The van der Waals surface area contributed by atoms with Gasteiger partial charge in [-0.05, 0) is 48.9 Å². The number of carbonyl (C=O) groups excluding carboxylic acids is 1. The second kappa shape index (κ2) is 7.01. The van der Waals surface area contributed by atoms with Crippen LogP contribution in [0.5, 0.6) is 0 Å². The van der Waals surface area contributed by atoms with Crippen LogP contribution in [0.3, 0.4) is 0 Å². The number of carbonyl (C=O) groups is 1.